The lowest BCUT2D eigenvalue weighted by Gasteiger charge is -2.38. The fourth-order valence-corrected chi connectivity index (χ4v) is 4.22. The minimum Gasteiger partial charge on any atom is -0.480 e. The van der Waals surface area contributed by atoms with Crippen LogP contribution in [0.15, 0.2) is 35.1 Å². The number of nitrogens with one attached hydrogen (secondary N) is 1. The van der Waals surface area contributed by atoms with Crippen molar-refractivity contribution >= 4 is 18.1 Å². The molecule has 34 heavy (non-hydrogen) atoms. The van der Waals surface area contributed by atoms with Crippen LogP contribution in [0.4, 0.5) is 5.95 Å². The minimum absolute atomic E-state index is 0.0214. The molecule has 1 saturated heterocycles. The largest absolute Gasteiger partial charge is 0.480 e. The van der Waals surface area contributed by atoms with E-state index in [-0.39, 0.29) is 35.6 Å². The van der Waals surface area contributed by atoms with Gasteiger partial charge in [-0.05, 0) is 35.9 Å². The Morgan fingerprint density at radius 2 is 2.29 bits per heavy atom. The molecule has 1 aromatic carbocycles. The summed E-state index contributed by atoms with van der Waals surface area (Å²) in [6.07, 6.45) is 4.19. The van der Waals surface area contributed by atoms with E-state index < -0.39 is 0 Å². The van der Waals surface area contributed by atoms with Gasteiger partial charge in [-0.3, -0.25) is 10.2 Å². The molecule has 176 valence electrons. The lowest BCUT2D eigenvalue weighted by molar-refractivity contribution is 0.0535. The second-order valence-corrected chi connectivity index (χ2v) is 8.11. The summed E-state index contributed by atoms with van der Waals surface area (Å²) in [5.41, 5.74) is 16.8. The SMILES string of the molecule is COc1nc(N=CC(=CN)CN2C[C@@H](c3ccc4c(c3C)COC4=O)N[C@@H](N)C2)ncc1C#N. The number of carbonyl (C=O) groups is 1. The fraction of sp³-hybridized carbons (Fsp3) is 0.348. The fourth-order valence-electron chi connectivity index (χ4n) is 4.22. The van der Waals surface area contributed by atoms with E-state index in [1.54, 1.807) is 6.21 Å². The highest BCUT2D eigenvalue weighted by atomic mass is 16.5. The molecule has 3 heterocycles. The Morgan fingerprint density at radius 3 is 3.03 bits per heavy atom. The van der Waals surface area contributed by atoms with Crippen molar-refractivity contribution in [1.82, 2.24) is 20.2 Å². The normalized spacial score (nSPS) is 20.8. The molecule has 0 bridgehead atoms. The molecule has 0 radical (unpaired) electrons. The van der Waals surface area contributed by atoms with Crippen LogP contribution in [-0.2, 0) is 11.3 Å². The Bertz CT molecular complexity index is 1200. The molecule has 2 atom stereocenters. The van der Waals surface area contributed by atoms with E-state index in [0.29, 0.717) is 31.8 Å². The van der Waals surface area contributed by atoms with Gasteiger partial charge in [0.15, 0.2) is 0 Å². The van der Waals surface area contributed by atoms with Crippen LogP contribution in [0.5, 0.6) is 5.88 Å². The standard InChI is InChI=1S/C23H26N8O3/c1-13-16(3-4-17-18(13)12-34-22(17)32)19-10-31(11-20(26)29-19)9-14(5-24)7-27-23-28-8-15(6-25)21(30-23)33-2/h3-5,7-8,19-20,29H,9-12,24,26H2,1-2H3/t19-,20+/m0/s1. The Labute approximate surface area is 197 Å². The number of hydrogen-bond donors (Lipinski definition) is 3. The van der Waals surface area contributed by atoms with Crippen molar-refractivity contribution in [1.29, 1.82) is 5.26 Å². The number of nitrogens with zero attached hydrogens (tertiary/aromatic N) is 5. The molecule has 2 aliphatic rings. The number of methoxy groups -OCH3 is 1. The summed E-state index contributed by atoms with van der Waals surface area (Å²) in [5, 5.41) is 12.5. The van der Waals surface area contributed by atoms with E-state index in [1.807, 2.05) is 25.1 Å². The first-order valence-electron chi connectivity index (χ1n) is 10.7. The van der Waals surface area contributed by atoms with Crippen LogP contribution in [0.25, 0.3) is 0 Å². The molecule has 11 nitrogen and oxygen atoms in total. The first-order valence-corrected chi connectivity index (χ1v) is 10.7. The third-order valence-electron chi connectivity index (χ3n) is 5.92. The zero-order valence-corrected chi connectivity index (χ0v) is 19.0. The van der Waals surface area contributed by atoms with Crippen molar-refractivity contribution in [3.8, 4) is 11.9 Å². The number of nitrogens with two attached hydrogens (primary N) is 2. The third kappa shape index (κ3) is 4.74. The van der Waals surface area contributed by atoms with Crippen molar-refractivity contribution in [2.45, 2.75) is 25.7 Å². The Hall–Kier alpha value is -3.85. The second-order valence-electron chi connectivity index (χ2n) is 8.11. The molecule has 1 fully saturated rings. The number of rotatable bonds is 6. The molecule has 2 aromatic rings. The van der Waals surface area contributed by atoms with E-state index in [0.717, 1.165) is 22.3 Å². The molecule has 0 spiro atoms. The molecule has 0 aliphatic carbocycles. The summed E-state index contributed by atoms with van der Waals surface area (Å²) < 4.78 is 10.3. The maximum atomic E-state index is 11.9. The maximum absolute atomic E-state index is 11.9. The van der Waals surface area contributed by atoms with Gasteiger partial charge in [-0.1, -0.05) is 6.07 Å². The molecule has 4 rings (SSSR count). The van der Waals surface area contributed by atoms with Crippen molar-refractivity contribution < 1.29 is 14.3 Å². The highest BCUT2D eigenvalue weighted by Gasteiger charge is 2.30. The average Bonchev–Trinajstić information content (AvgIpc) is 3.22. The molecule has 0 unspecified atom stereocenters. The van der Waals surface area contributed by atoms with Gasteiger partial charge in [0.25, 0.3) is 5.95 Å². The summed E-state index contributed by atoms with van der Waals surface area (Å²) in [6, 6.07) is 5.73. The number of esters is 1. The van der Waals surface area contributed by atoms with Crippen LogP contribution in [-0.4, -0.2) is 60.0 Å². The number of aliphatic imine (C=N–C) groups is 1. The number of carbonyl (C=O) groups excluding carboxylic acids is 1. The van der Waals surface area contributed by atoms with Crippen molar-refractivity contribution in [2.75, 3.05) is 26.7 Å². The highest BCUT2D eigenvalue weighted by molar-refractivity contribution is 5.94. The zero-order valence-electron chi connectivity index (χ0n) is 19.0. The third-order valence-corrected chi connectivity index (χ3v) is 5.92. The van der Waals surface area contributed by atoms with Gasteiger partial charge in [0.05, 0.1) is 25.0 Å². The Kier molecular flexibility index (Phi) is 6.83. The lowest BCUT2D eigenvalue weighted by atomic mass is 9.92. The lowest BCUT2D eigenvalue weighted by Crippen LogP contribution is -2.56. The number of ether oxygens (including phenoxy) is 2. The molecule has 0 saturated carbocycles. The van der Waals surface area contributed by atoms with Crippen LogP contribution in [0.2, 0.25) is 0 Å². The van der Waals surface area contributed by atoms with Crippen LogP contribution in [0.1, 0.15) is 38.7 Å². The van der Waals surface area contributed by atoms with Crippen LogP contribution >= 0.6 is 0 Å². The number of nitriles is 1. The van der Waals surface area contributed by atoms with E-state index in [9.17, 15) is 4.79 Å². The number of hydrogen-bond acceptors (Lipinski definition) is 11. The van der Waals surface area contributed by atoms with E-state index in [2.05, 4.69) is 25.2 Å². The number of fused-ring (bicyclic) bond motifs is 1. The summed E-state index contributed by atoms with van der Waals surface area (Å²) >= 11 is 0. The van der Waals surface area contributed by atoms with Crippen molar-refractivity contribution in [3.63, 3.8) is 0 Å². The molecule has 5 N–H and O–H groups in total. The molecular formula is C23H26N8O3. The van der Waals surface area contributed by atoms with Crippen molar-refractivity contribution in [2.24, 2.45) is 16.5 Å². The smallest absolute Gasteiger partial charge is 0.338 e. The van der Waals surface area contributed by atoms with Crippen molar-refractivity contribution in [3.05, 3.63) is 57.9 Å². The number of benzene rings is 1. The van der Waals surface area contributed by atoms with Crippen LogP contribution < -0.4 is 21.5 Å². The van der Waals surface area contributed by atoms with Gasteiger partial charge in [0.1, 0.15) is 18.2 Å². The van der Waals surface area contributed by atoms with Crippen LogP contribution in [0.3, 0.4) is 0 Å². The summed E-state index contributed by atoms with van der Waals surface area (Å²) in [7, 11) is 1.43. The van der Waals surface area contributed by atoms with E-state index >= 15 is 0 Å². The minimum atomic E-state index is -0.277. The summed E-state index contributed by atoms with van der Waals surface area (Å²) in [4.78, 5) is 26.5. The maximum Gasteiger partial charge on any atom is 0.338 e. The predicted octanol–water partition coefficient (Wildman–Crippen LogP) is 0.812. The van der Waals surface area contributed by atoms with Gasteiger partial charge >= 0.3 is 5.97 Å². The van der Waals surface area contributed by atoms with E-state index in [1.165, 1.54) is 19.5 Å². The quantitative estimate of drug-likeness (QED) is 0.413. The summed E-state index contributed by atoms with van der Waals surface area (Å²) in [5.74, 6) is 0.0479. The van der Waals surface area contributed by atoms with Gasteiger partial charge in [-0.2, -0.15) is 10.2 Å². The number of cyclic esters (lactones) is 1. The van der Waals surface area contributed by atoms with Gasteiger partial charge in [-0.25, -0.2) is 14.8 Å². The molecule has 0 amide bonds. The first kappa shape index (κ1) is 23.3. The topological polar surface area (TPSA) is 165 Å². The monoisotopic (exact) mass is 462 g/mol. The molecular weight excluding hydrogens is 436 g/mol. The van der Waals surface area contributed by atoms with Gasteiger partial charge < -0.3 is 20.9 Å². The molecule has 2 aliphatic heterocycles. The Morgan fingerprint density at radius 1 is 1.47 bits per heavy atom. The van der Waals surface area contributed by atoms with Crippen LogP contribution in [0, 0.1) is 18.3 Å². The predicted molar refractivity (Wildman–Crippen MR) is 124 cm³/mol. The average molecular weight is 463 g/mol. The Balaban J connectivity index is 1.48. The highest BCUT2D eigenvalue weighted by Crippen LogP contribution is 2.30. The second kappa shape index (κ2) is 9.96. The first-order chi connectivity index (χ1) is 16.4. The zero-order chi connectivity index (χ0) is 24.2. The molecule has 11 heteroatoms. The number of piperazine rings is 1. The summed E-state index contributed by atoms with van der Waals surface area (Å²) in [6.45, 7) is 4.13. The number of aromatic nitrogens is 2. The van der Waals surface area contributed by atoms with E-state index in [4.69, 9.17) is 26.2 Å². The van der Waals surface area contributed by atoms with Gasteiger partial charge in [-0.15, -0.1) is 0 Å². The van der Waals surface area contributed by atoms with Gasteiger partial charge in [0, 0.05) is 37.5 Å². The molecule has 1 aromatic heterocycles. The van der Waals surface area contributed by atoms with Gasteiger partial charge in [0.2, 0.25) is 5.88 Å².